The van der Waals surface area contributed by atoms with Gasteiger partial charge in [0, 0.05) is 16.3 Å². The highest BCUT2D eigenvalue weighted by Gasteiger charge is 2.20. The van der Waals surface area contributed by atoms with Crippen LogP contribution in [0.15, 0.2) is 47.3 Å². The van der Waals surface area contributed by atoms with Crippen molar-refractivity contribution in [1.82, 2.24) is 14.3 Å². The molecule has 164 valence electrons. The molecule has 1 aromatic carbocycles. The highest BCUT2D eigenvalue weighted by Crippen LogP contribution is 2.39. The molecule has 0 spiro atoms. The lowest BCUT2D eigenvalue weighted by molar-refractivity contribution is -0.118. The summed E-state index contributed by atoms with van der Waals surface area (Å²) in [6.07, 6.45) is 1.84. The average molecular weight is 466 g/mol. The zero-order valence-electron chi connectivity index (χ0n) is 16.6. The topological polar surface area (TPSA) is 104 Å². The molecule has 0 radical (unpaired) electrons. The van der Waals surface area contributed by atoms with Crippen molar-refractivity contribution < 1.29 is 13.9 Å². The van der Waals surface area contributed by atoms with Crippen molar-refractivity contribution in [2.75, 3.05) is 18.5 Å². The van der Waals surface area contributed by atoms with E-state index in [0.29, 0.717) is 29.9 Å². The maximum atomic E-state index is 12.7. The summed E-state index contributed by atoms with van der Waals surface area (Å²) in [5.41, 5.74) is 8.00. The number of hydrogen-bond donors (Lipinski definition) is 2. The van der Waals surface area contributed by atoms with Crippen molar-refractivity contribution in [3.8, 4) is 16.2 Å². The van der Waals surface area contributed by atoms with Gasteiger partial charge < -0.3 is 15.8 Å². The molecule has 31 heavy (non-hydrogen) atoms. The van der Waals surface area contributed by atoms with Crippen molar-refractivity contribution in [1.29, 1.82) is 0 Å². The van der Waals surface area contributed by atoms with Gasteiger partial charge in [-0.05, 0) is 47.9 Å². The van der Waals surface area contributed by atoms with Crippen LogP contribution in [0.4, 0.5) is 10.1 Å². The maximum Gasteiger partial charge on any atom is 0.346 e. The quantitative estimate of drug-likeness (QED) is 0.582. The molecular weight excluding hydrogens is 445 g/mol. The fourth-order valence-electron chi connectivity index (χ4n) is 3.25. The number of rotatable bonds is 6. The Morgan fingerprint density at radius 3 is 2.90 bits per heavy atom. The Kier molecular flexibility index (Phi) is 6.94. The molecule has 1 amide bonds. The van der Waals surface area contributed by atoms with Crippen LogP contribution in [0.3, 0.4) is 0 Å². The molecule has 0 atom stereocenters. The third-order valence-corrected chi connectivity index (χ3v) is 5.97. The molecule has 2 aromatic heterocycles. The van der Waals surface area contributed by atoms with Crippen LogP contribution in [0.5, 0.6) is 5.75 Å². The summed E-state index contributed by atoms with van der Waals surface area (Å²) in [4.78, 5) is 26.1. The van der Waals surface area contributed by atoms with E-state index in [1.165, 1.54) is 15.6 Å². The number of halogens is 2. The molecule has 3 N–H and O–H groups in total. The van der Waals surface area contributed by atoms with Crippen LogP contribution in [0.2, 0.25) is 0 Å². The van der Waals surface area contributed by atoms with Crippen LogP contribution in [0.25, 0.3) is 10.4 Å². The van der Waals surface area contributed by atoms with E-state index in [4.69, 9.17) is 10.5 Å². The third-order valence-electron chi connectivity index (χ3n) is 4.87. The molecule has 0 saturated heterocycles. The molecule has 0 fully saturated rings. The number of nitrogens with zero attached hydrogens (tertiary/aromatic N) is 3. The van der Waals surface area contributed by atoms with Crippen LogP contribution < -0.4 is 21.5 Å². The first-order valence-corrected chi connectivity index (χ1v) is 10.1. The predicted octanol–water partition coefficient (Wildman–Crippen LogP) is 2.69. The highest BCUT2D eigenvalue weighted by molar-refractivity contribution is 7.15. The van der Waals surface area contributed by atoms with Crippen LogP contribution in [0.1, 0.15) is 10.4 Å². The Labute approximate surface area is 187 Å². The number of nitrogens with one attached hydrogen (secondary N) is 1. The molecule has 0 saturated carbocycles. The minimum atomic E-state index is -0.331. The van der Waals surface area contributed by atoms with Crippen molar-refractivity contribution in [2.24, 2.45) is 5.73 Å². The fourth-order valence-corrected chi connectivity index (χ4v) is 4.34. The fraction of sp³-hybridized carbons (Fsp3) is 0.250. The second-order valence-corrected chi connectivity index (χ2v) is 8.05. The summed E-state index contributed by atoms with van der Waals surface area (Å²) in [6, 6.07) is 7.74. The Morgan fingerprint density at radius 1 is 1.35 bits per heavy atom. The van der Waals surface area contributed by atoms with Gasteiger partial charge >= 0.3 is 5.69 Å². The first-order valence-electron chi connectivity index (χ1n) is 9.26. The van der Waals surface area contributed by atoms with Gasteiger partial charge in [-0.3, -0.25) is 9.36 Å². The number of aromatic nitrogens is 3. The zero-order valence-corrected chi connectivity index (χ0v) is 18.3. The molecule has 1 aliphatic heterocycles. The molecule has 8 nitrogen and oxygen atoms in total. The monoisotopic (exact) mass is 465 g/mol. The summed E-state index contributed by atoms with van der Waals surface area (Å²) < 4.78 is 20.8. The third kappa shape index (κ3) is 4.55. The highest BCUT2D eigenvalue weighted by atomic mass is 35.5. The number of benzene rings is 1. The van der Waals surface area contributed by atoms with Crippen molar-refractivity contribution in [3.05, 3.63) is 63.4 Å². The second-order valence-electron chi connectivity index (χ2n) is 6.88. The van der Waals surface area contributed by atoms with E-state index in [-0.39, 0.29) is 43.7 Å². The van der Waals surface area contributed by atoms with Gasteiger partial charge in [0.05, 0.1) is 25.1 Å². The number of amides is 1. The van der Waals surface area contributed by atoms with Gasteiger partial charge in [0.1, 0.15) is 12.1 Å². The second kappa shape index (κ2) is 9.46. The van der Waals surface area contributed by atoms with Crippen LogP contribution in [-0.2, 0) is 17.9 Å². The number of thiophene rings is 1. The van der Waals surface area contributed by atoms with E-state index in [1.807, 2.05) is 31.2 Å². The summed E-state index contributed by atoms with van der Waals surface area (Å²) in [6.45, 7) is 2.35. The first-order chi connectivity index (χ1) is 14.5. The zero-order chi connectivity index (χ0) is 21.3. The number of carbonyl (C=O) groups excluding carboxylic acids is 1. The summed E-state index contributed by atoms with van der Waals surface area (Å²) in [7, 11) is 0. The van der Waals surface area contributed by atoms with Gasteiger partial charge in [-0.15, -0.1) is 23.7 Å². The predicted molar refractivity (Wildman–Crippen MR) is 120 cm³/mol. The molecule has 0 bridgehead atoms. The first kappa shape index (κ1) is 22.7. The van der Waals surface area contributed by atoms with E-state index in [0.717, 1.165) is 20.9 Å². The Morgan fingerprint density at radius 2 is 2.16 bits per heavy atom. The van der Waals surface area contributed by atoms with Crippen LogP contribution in [-0.4, -0.2) is 33.4 Å². The number of anilines is 1. The Bertz CT molecular complexity index is 1200. The van der Waals surface area contributed by atoms with Crippen molar-refractivity contribution >= 4 is 35.3 Å². The average Bonchev–Trinajstić information content (AvgIpc) is 3.34. The van der Waals surface area contributed by atoms with Crippen molar-refractivity contribution in [3.63, 3.8) is 0 Å². The lowest BCUT2D eigenvalue weighted by Crippen LogP contribution is -2.26. The largest absolute Gasteiger partial charge is 0.482 e. The minimum Gasteiger partial charge on any atom is -0.482 e. The molecular formula is C20H21ClFN5O3S. The van der Waals surface area contributed by atoms with E-state index in [9.17, 15) is 14.0 Å². The molecule has 4 rings (SSSR count). The van der Waals surface area contributed by atoms with E-state index >= 15 is 0 Å². The number of ether oxygens (including phenoxy) is 1. The summed E-state index contributed by atoms with van der Waals surface area (Å²) in [5.74, 6) is 0.483. The molecule has 1 aliphatic rings. The molecule has 3 aromatic rings. The maximum absolute atomic E-state index is 12.7. The molecule has 0 unspecified atom stereocenters. The summed E-state index contributed by atoms with van der Waals surface area (Å²) in [5, 5.41) is 6.90. The molecule has 0 aliphatic carbocycles. The van der Waals surface area contributed by atoms with Crippen molar-refractivity contribution in [2.45, 2.75) is 20.0 Å². The van der Waals surface area contributed by atoms with Gasteiger partial charge in [0.15, 0.2) is 6.61 Å². The van der Waals surface area contributed by atoms with Gasteiger partial charge in [0.2, 0.25) is 0 Å². The smallest absolute Gasteiger partial charge is 0.346 e. The van der Waals surface area contributed by atoms with Crippen LogP contribution in [0, 0.1) is 6.92 Å². The number of nitrogens with two attached hydrogens (primary N) is 1. The normalized spacial score (nSPS) is 13.3. The van der Waals surface area contributed by atoms with Gasteiger partial charge in [0.25, 0.3) is 5.91 Å². The number of hydrogen-bond acceptors (Lipinski definition) is 6. The lowest BCUT2D eigenvalue weighted by Gasteiger charge is -2.21. The lowest BCUT2D eigenvalue weighted by atomic mass is 10.0. The van der Waals surface area contributed by atoms with Gasteiger partial charge in [-0.1, -0.05) is 0 Å². The Balaban J connectivity index is 0.00000272. The molecule has 3 heterocycles. The van der Waals surface area contributed by atoms with E-state index in [2.05, 4.69) is 10.4 Å². The van der Waals surface area contributed by atoms with E-state index in [1.54, 1.807) is 11.3 Å². The number of carbonyl (C=O) groups is 1. The SMILES string of the molecule is Cc1c(-c2ccc(Cn3cnn(C/C(=C/F)CN)c3=O)s2)ccc2c1NC(=O)CO2.Cl. The Hall–Kier alpha value is -2.95. The van der Waals surface area contributed by atoms with Gasteiger partial charge in [-0.25, -0.2) is 13.9 Å². The minimum absolute atomic E-state index is 0. The molecule has 11 heteroatoms. The standard InChI is InChI=1S/C20H20FN5O3S.ClH/c1-12-15(3-4-16-19(12)24-18(27)10-29-16)17-5-2-14(30-17)9-25-11-23-26(20(25)28)8-13(6-21)7-22;/h2-6,11H,7-10,22H2,1H3,(H,24,27);1H/b13-6+;. The van der Waals surface area contributed by atoms with E-state index < -0.39 is 0 Å². The summed E-state index contributed by atoms with van der Waals surface area (Å²) >= 11 is 1.55. The number of fused-ring (bicyclic) bond motifs is 1. The van der Waals surface area contributed by atoms with Gasteiger partial charge in [-0.2, -0.15) is 5.10 Å². The van der Waals surface area contributed by atoms with Crippen LogP contribution >= 0.6 is 23.7 Å².